The first kappa shape index (κ1) is 8.18. The Hall–Kier alpha value is -1.15. The van der Waals surface area contributed by atoms with Gasteiger partial charge in [-0.1, -0.05) is 34.2 Å². The number of benzene rings is 1. The van der Waals surface area contributed by atoms with Crippen LogP contribution < -0.4 is 0 Å². The number of allylic oxidation sites excluding steroid dienone is 4. The number of nitrogens with zero attached hydrogens (tertiary/aromatic N) is 1. The number of hydrogen-bond donors (Lipinski definition) is 0. The van der Waals surface area contributed by atoms with Crippen LogP contribution in [0.15, 0.2) is 45.9 Å². The van der Waals surface area contributed by atoms with Gasteiger partial charge in [-0.25, -0.2) is 0 Å². The van der Waals surface area contributed by atoms with Gasteiger partial charge in [-0.3, -0.25) is 4.99 Å². The number of aliphatic imine (C=N–C) groups is 1. The van der Waals surface area contributed by atoms with Crippen molar-refractivity contribution in [3.63, 3.8) is 0 Å². The van der Waals surface area contributed by atoms with Crippen molar-refractivity contribution in [3.05, 3.63) is 46.5 Å². The Morgan fingerprint density at radius 1 is 1.29 bits per heavy atom. The van der Waals surface area contributed by atoms with E-state index in [4.69, 9.17) is 0 Å². The first-order valence-corrected chi connectivity index (χ1v) is 5.38. The molecule has 0 amide bonds. The molecule has 0 spiro atoms. The van der Waals surface area contributed by atoms with Gasteiger partial charge in [0.15, 0.2) is 0 Å². The smallest absolute Gasteiger partial charge is 0.0713 e. The lowest BCUT2D eigenvalue weighted by molar-refractivity contribution is 1.44. The molecule has 0 saturated heterocycles. The van der Waals surface area contributed by atoms with E-state index in [0.717, 1.165) is 16.6 Å². The van der Waals surface area contributed by atoms with Crippen molar-refractivity contribution >= 4 is 32.9 Å². The van der Waals surface area contributed by atoms with Crippen molar-refractivity contribution in [3.8, 4) is 0 Å². The zero-order valence-electron chi connectivity index (χ0n) is 7.50. The van der Waals surface area contributed by atoms with Crippen molar-refractivity contribution in [2.24, 2.45) is 4.99 Å². The van der Waals surface area contributed by atoms with E-state index in [9.17, 15) is 0 Å². The molecule has 0 atom stereocenters. The number of hydrogen-bond acceptors (Lipinski definition) is 1. The Morgan fingerprint density at radius 3 is 3.14 bits per heavy atom. The van der Waals surface area contributed by atoms with Crippen LogP contribution in [0.3, 0.4) is 0 Å². The lowest BCUT2D eigenvalue weighted by atomic mass is 9.98. The zero-order valence-corrected chi connectivity index (χ0v) is 9.08. The molecule has 3 rings (SSSR count). The van der Waals surface area contributed by atoms with Crippen LogP contribution >= 0.6 is 15.9 Å². The molecule has 0 fully saturated rings. The van der Waals surface area contributed by atoms with Crippen LogP contribution in [0.1, 0.15) is 12.0 Å². The van der Waals surface area contributed by atoms with Crippen molar-refractivity contribution in [2.75, 3.05) is 0 Å². The topological polar surface area (TPSA) is 12.4 Å². The highest BCUT2D eigenvalue weighted by atomic mass is 79.9. The van der Waals surface area contributed by atoms with Crippen LogP contribution in [-0.4, -0.2) is 5.71 Å². The van der Waals surface area contributed by atoms with E-state index >= 15 is 0 Å². The number of fused-ring (bicyclic) bond motifs is 3. The Bertz CT molecular complexity index is 495. The number of halogens is 1. The maximum Gasteiger partial charge on any atom is 0.0713 e. The highest BCUT2D eigenvalue weighted by Crippen LogP contribution is 2.38. The normalized spacial score (nSPS) is 17.2. The Balaban J connectivity index is 2.24. The fourth-order valence-electron chi connectivity index (χ4n) is 1.87. The van der Waals surface area contributed by atoms with Gasteiger partial charge in [0.25, 0.3) is 0 Å². The van der Waals surface area contributed by atoms with Gasteiger partial charge in [0.05, 0.1) is 11.4 Å². The predicted molar refractivity (Wildman–Crippen MR) is 63.0 cm³/mol. The summed E-state index contributed by atoms with van der Waals surface area (Å²) in [6.07, 6.45) is 7.34. The minimum absolute atomic E-state index is 0.956. The largest absolute Gasteiger partial charge is 0.252 e. The van der Waals surface area contributed by atoms with Crippen molar-refractivity contribution < 1.29 is 0 Å². The molecule has 0 unspecified atom stereocenters. The molecule has 1 aromatic rings. The summed E-state index contributed by atoms with van der Waals surface area (Å²) in [6, 6.07) is 6.23. The van der Waals surface area contributed by atoms with Gasteiger partial charge in [0.1, 0.15) is 0 Å². The minimum atomic E-state index is 0.956. The average molecular weight is 246 g/mol. The lowest BCUT2D eigenvalue weighted by Crippen LogP contribution is -1.97. The molecule has 1 nitrogen and oxygen atoms in total. The summed E-state index contributed by atoms with van der Waals surface area (Å²) in [5, 5.41) is 0. The van der Waals surface area contributed by atoms with Gasteiger partial charge in [-0.2, -0.15) is 0 Å². The van der Waals surface area contributed by atoms with Crippen LogP contribution in [0, 0.1) is 0 Å². The molecule has 68 valence electrons. The van der Waals surface area contributed by atoms with E-state index in [1.54, 1.807) is 0 Å². The monoisotopic (exact) mass is 245 g/mol. The molecular weight excluding hydrogens is 238 g/mol. The van der Waals surface area contributed by atoms with E-state index in [1.807, 2.05) is 6.07 Å². The molecule has 0 bridgehead atoms. The van der Waals surface area contributed by atoms with Gasteiger partial charge < -0.3 is 0 Å². The lowest BCUT2D eigenvalue weighted by Gasteiger charge is -2.05. The molecular formula is C12H8BrN. The second-order valence-corrected chi connectivity index (χ2v) is 4.35. The van der Waals surface area contributed by atoms with Crippen molar-refractivity contribution in [1.29, 1.82) is 0 Å². The molecule has 0 aromatic heterocycles. The van der Waals surface area contributed by atoms with Gasteiger partial charge in [0, 0.05) is 22.0 Å². The second-order valence-electron chi connectivity index (χ2n) is 3.43. The number of rotatable bonds is 0. The van der Waals surface area contributed by atoms with Gasteiger partial charge in [-0.05, 0) is 18.2 Å². The van der Waals surface area contributed by atoms with E-state index in [-0.39, 0.29) is 0 Å². The van der Waals surface area contributed by atoms with Gasteiger partial charge in [-0.15, -0.1) is 0 Å². The SMILES string of the molecule is Brc1ccc2c(c1)C1=CC=CCC1=N2. The summed E-state index contributed by atoms with van der Waals surface area (Å²) in [5.74, 6) is 0. The summed E-state index contributed by atoms with van der Waals surface area (Å²) in [4.78, 5) is 4.59. The Morgan fingerprint density at radius 2 is 2.21 bits per heavy atom. The molecule has 0 saturated carbocycles. The highest BCUT2D eigenvalue weighted by molar-refractivity contribution is 9.10. The first-order valence-electron chi connectivity index (χ1n) is 4.59. The van der Waals surface area contributed by atoms with Gasteiger partial charge >= 0.3 is 0 Å². The standard InChI is InChI=1S/C12H8BrN/c13-8-5-6-12-10(7-8)9-3-1-2-4-11(9)14-12/h1-3,5-7H,4H2. The van der Waals surface area contributed by atoms with Crippen molar-refractivity contribution in [1.82, 2.24) is 0 Å². The van der Waals surface area contributed by atoms with Crippen LogP contribution in [-0.2, 0) is 0 Å². The van der Waals surface area contributed by atoms with E-state index in [1.165, 1.54) is 16.8 Å². The van der Waals surface area contributed by atoms with Crippen LogP contribution in [0.25, 0.3) is 5.57 Å². The van der Waals surface area contributed by atoms with Crippen LogP contribution in [0.5, 0.6) is 0 Å². The van der Waals surface area contributed by atoms with Crippen LogP contribution in [0.2, 0.25) is 0 Å². The molecule has 0 N–H and O–H groups in total. The maximum atomic E-state index is 4.59. The van der Waals surface area contributed by atoms with E-state index < -0.39 is 0 Å². The molecule has 1 aliphatic heterocycles. The summed E-state index contributed by atoms with van der Waals surface area (Å²) < 4.78 is 1.11. The molecule has 2 aliphatic rings. The third-order valence-electron chi connectivity index (χ3n) is 2.53. The van der Waals surface area contributed by atoms with E-state index in [2.05, 4.69) is 51.3 Å². The fraction of sp³-hybridized carbons (Fsp3) is 0.0833. The summed E-state index contributed by atoms with van der Waals surface area (Å²) in [7, 11) is 0. The third-order valence-corrected chi connectivity index (χ3v) is 3.02. The highest BCUT2D eigenvalue weighted by Gasteiger charge is 2.20. The average Bonchev–Trinajstić information content (AvgIpc) is 2.56. The summed E-state index contributed by atoms with van der Waals surface area (Å²) >= 11 is 3.49. The Kier molecular flexibility index (Phi) is 1.71. The van der Waals surface area contributed by atoms with Gasteiger partial charge in [0.2, 0.25) is 0 Å². The molecule has 2 heteroatoms. The third kappa shape index (κ3) is 1.11. The Labute approximate surface area is 91.0 Å². The quantitative estimate of drug-likeness (QED) is 0.658. The maximum absolute atomic E-state index is 4.59. The predicted octanol–water partition coefficient (Wildman–Crippen LogP) is 3.88. The first-order chi connectivity index (χ1) is 6.84. The summed E-state index contributed by atoms with van der Waals surface area (Å²) in [6.45, 7) is 0. The zero-order chi connectivity index (χ0) is 9.54. The molecule has 14 heavy (non-hydrogen) atoms. The van der Waals surface area contributed by atoms with Crippen molar-refractivity contribution in [2.45, 2.75) is 6.42 Å². The fourth-order valence-corrected chi connectivity index (χ4v) is 2.23. The minimum Gasteiger partial charge on any atom is -0.252 e. The van der Waals surface area contributed by atoms with Crippen LogP contribution in [0.4, 0.5) is 5.69 Å². The second kappa shape index (κ2) is 2.92. The molecule has 1 heterocycles. The summed E-state index contributed by atoms with van der Waals surface area (Å²) in [5.41, 5.74) is 4.82. The molecule has 1 aromatic carbocycles. The molecule has 0 radical (unpaired) electrons. The van der Waals surface area contributed by atoms with E-state index in [0.29, 0.717) is 0 Å². The molecule has 1 aliphatic carbocycles.